The highest BCUT2D eigenvalue weighted by atomic mass is 35.5. The van der Waals surface area contributed by atoms with E-state index >= 15 is 0 Å². The van der Waals surface area contributed by atoms with Crippen molar-refractivity contribution in [2.45, 2.75) is 5.16 Å². The molecule has 0 radical (unpaired) electrons. The number of anilines is 1. The number of esters is 1. The molecule has 2 aromatic carbocycles. The Morgan fingerprint density at radius 3 is 2.75 bits per heavy atom. The number of ether oxygens (including phenoxy) is 1. The number of hydrogen-bond acceptors (Lipinski definition) is 7. The first-order valence-electron chi connectivity index (χ1n) is 8.06. The summed E-state index contributed by atoms with van der Waals surface area (Å²) in [5.41, 5.74) is 1.48. The minimum atomic E-state index is -0.478. The number of nitrogens with one attached hydrogen (secondary N) is 1. The van der Waals surface area contributed by atoms with Gasteiger partial charge in [-0.2, -0.15) is 0 Å². The van der Waals surface area contributed by atoms with Crippen LogP contribution in [0.25, 0.3) is 11.4 Å². The van der Waals surface area contributed by atoms with Crippen molar-refractivity contribution >= 4 is 40.9 Å². The standard InChI is InChI=1S/C18H16ClN5O3S/c1-27-17(26)11-5-4-6-12(9-11)21-15(25)10-28-18-23-22-16(24(18)20)13-7-2-3-8-14(13)19/h2-9H,10,20H2,1H3,(H,21,25). The number of benzene rings is 2. The Bertz CT molecular complexity index is 1020. The first-order chi connectivity index (χ1) is 13.5. The Balaban J connectivity index is 1.64. The summed E-state index contributed by atoms with van der Waals surface area (Å²) < 4.78 is 5.95. The first-order valence-corrected chi connectivity index (χ1v) is 9.42. The second-order valence-corrected chi connectivity index (χ2v) is 6.91. The number of nitrogens with two attached hydrogens (primary N) is 1. The van der Waals surface area contributed by atoms with Crippen LogP contribution >= 0.6 is 23.4 Å². The number of carbonyl (C=O) groups excluding carboxylic acids is 2. The van der Waals surface area contributed by atoms with Crippen molar-refractivity contribution in [1.82, 2.24) is 14.9 Å². The molecule has 1 heterocycles. The van der Waals surface area contributed by atoms with Gasteiger partial charge in [0, 0.05) is 11.3 Å². The Hall–Kier alpha value is -3.04. The molecule has 28 heavy (non-hydrogen) atoms. The molecule has 3 N–H and O–H groups in total. The third-order valence-electron chi connectivity index (χ3n) is 3.68. The van der Waals surface area contributed by atoms with Crippen LogP contribution in [-0.2, 0) is 9.53 Å². The summed E-state index contributed by atoms with van der Waals surface area (Å²) in [6.45, 7) is 0. The predicted octanol–water partition coefficient (Wildman–Crippen LogP) is 2.83. The molecule has 144 valence electrons. The van der Waals surface area contributed by atoms with Crippen LogP contribution in [0.1, 0.15) is 10.4 Å². The Kier molecular flexibility index (Phi) is 6.17. The molecule has 10 heteroatoms. The maximum atomic E-state index is 12.2. The van der Waals surface area contributed by atoms with E-state index in [2.05, 4.69) is 20.3 Å². The van der Waals surface area contributed by atoms with Crippen LogP contribution in [0, 0.1) is 0 Å². The van der Waals surface area contributed by atoms with Gasteiger partial charge in [0.15, 0.2) is 5.82 Å². The van der Waals surface area contributed by atoms with Gasteiger partial charge in [-0.15, -0.1) is 10.2 Å². The molecule has 0 aliphatic rings. The molecule has 3 aromatic rings. The van der Waals surface area contributed by atoms with Crippen molar-refractivity contribution in [2.24, 2.45) is 0 Å². The minimum absolute atomic E-state index is 0.0559. The van der Waals surface area contributed by atoms with E-state index in [4.69, 9.17) is 17.4 Å². The van der Waals surface area contributed by atoms with E-state index in [1.54, 1.807) is 36.4 Å². The van der Waals surface area contributed by atoms with Crippen LogP contribution in [0.2, 0.25) is 5.02 Å². The summed E-state index contributed by atoms with van der Waals surface area (Å²) in [5, 5.41) is 11.6. The zero-order valence-electron chi connectivity index (χ0n) is 14.8. The van der Waals surface area contributed by atoms with E-state index in [0.717, 1.165) is 11.8 Å². The molecule has 0 spiro atoms. The normalized spacial score (nSPS) is 10.5. The summed E-state index contributed by atoms with van der Waals surface area (Å²) in [4.78, 5) is 23.8. The fourth-order valence-electron chi connectivity index (χ4n) is 2.37. The van der Waals surface area contributed by atoms with Gasteiger partial charge in [0.05, 0.1) is 23.4 Å². The Morgan fingerprint density at radius 1 is 1.21 bits per heavy atom. The van der Waals surface area contributed by atoms with Gasteiger partial charge in [0.25, 0.3) is 0 Å². The molecule has 0 bridgehead atoms. The highest BCUT2D eigenvalue weighted by Gasteiger charge is 2.16. The van der Waals surface area contributed by atoms with Gasteiger partial charge < -0.3 is 15.9 Å². The lowest BCUT2D eigenvalue weighted by Crippen LogP contribution is -2.16. The van der Waals surface area contributed by atoms with Crippen molar-refractivity contribution in [3.63, 3.8) is 0 Å². The SMILES string of the molecule is COC(=O)c1cccc(NC(=O)CSc2nnc(-c3ccccc3Cl)n2N)c1. The summed E-state index contributed by atoms with van der Waals surface area (Å²) >= 11 is 7.29. The summed E-state index contributed by atoms with van der Waals surface area (Å²) in [6.07, 6.45) is 0. The number of thioether (sulfide) groups is 1. The van der Waals surface area contributed by atoms with E-state index in [9.17, 15) is 9.59 Å². The molecule has 0 atom stereocenters. The third kappa shape index (κ3) is 4.44. The lowest BCUT2D eigenvalue weighted by atomic mass is 10.2. The highest BCUT2D eigenvalue weighted by molar-refractivity contribution is 7.99. The molecule has 0 unspecified atom stereocenters. The number of halogens is 1. The fourth-order valence-corrected chi connectivity index (χ4v) is 3.25. The zero-order chi connectivity index (χ0) is 20.1. The largest absolute Gasteiger partial charge is 0.465 e. The summed E-state index contributed by atoms with van der Waals surface area (Å²) in [5.74, 6) is 5.74. The molecule has 0 saturated heterocycles. The van der Waals surface area contributed by atoms with E-state index in [0.29, 0.717) is 32.8 Å². The number of carbonyl (C=O) groups is 2. The fraction of sp³-hybridized carbons (Fsp3) is 0.111. The minimum Gasteiger partial charge on any atom is -0.465 e. The molecule has 1 amide bonds. The van der Waals surface area contributed by atoms with Crippen LogP contribution < -0.4 is 11.2 Å². The van der Waals surface area contributed by atoms with E-state index in [1.807, 2.05) is 6.07 Å². The molecule has 0 aliphatic heterocycles. The van der Waals surface area contributed by atoms with Crippen LogP contribution in [0.4, 0.5) is 5.69 Å². The van der Waals surface area contributed by atoms with Crippen LogP contribution in [0.15, 0.2) is 53.7 Å². The Labute approximate surface area is 170 Å². The van der Waals surface area contributed by atoms with E-state index in [1.165, 1.54) is 17.9 Å². The van der Waals surface area contributed by atoms with Gasteiger partial charge in [-0.25, -0.2) is 9.47 Å². The van der Waals surface area contributed by atoms with Crippen molar-refractivity contribution < 1.29 is 14.3 Å². The van der Waals surface area contributed by atoms with Crippen LogP contribution in [-0.4, -0.2) is 39.6 Å². The van der Waals surface area contributed by atoms with Gasteiger partial charge in [-0.3, -0.25) is 4.79 Å². The molecule has 8 nitrogen and oxygen atoms in total. The molecule has 3 rings (SSSR count). The molecule has 0 saturated carbocycles. The number of nitrogen functional groups attached to an aromatic ring is 1. The average molecular weight is 418 g/mol. The first kappa shape index (κ1) is 19.7. The monoisotopic (exact) mass is 417 g/mol. The van der Waals surface area contributed by atoms with Crippen molar-refractivity contribution in [1.29, 1.82) is 0 Å². The third-order valence-corrected chi connectivity index (χ3v) is 4.95. The van der Waals surface area contributed by atoms with E-state index < -0.39 is 5.97 Å². The zero-order valence-corrected chi connectivity index (χ0v) is 16.3. The number of hydrogen-bond donors (Lipinski definition) is 2. The predicted molar refractivity (Wildman–Crippen MR) is 108 cm³/mol. The summed E-state index contributed by atoms with van der Waals surface area (Å²) in [6, 6.07) is 13.6. The number of nitrogens with zero attached hydrogens (tertiary/aromatic N) is 3. The smallest absolute Gasteiger partial charge is 0.337 e. The maximum Gasteiger partial charge on any atom is 0.337 e. The van der Waals surface area contributed by atoms with Gasteiger partial charge in [0.2, 0.25) is 11.1 Å². The van der Waals surface area contributed by atoms with Crippen LogP contribution in [0.5, 0.6) is 0 Å². The molecule has 0 fully saturated rings. The topological polar surface area (TPSA) is 112 Å². The number of aromatic nitrogens is 3. The second kappa shape index (κ2) is 8.77. The van der Waals surface area contributed by atoms with Crippen LogP contribution in [0.3, 0.4) is 0 Å². The number of methoxy groups -OCH3 is 1. The quantitative estimate of drug-likeness (QED) is 0.360. The lowest BCUT2D eigenvalue weighted by Gasteiger charge is -2.07. The average Bonchev–Trinajstić information content (AvgIpc) is 3.06. The van der Waals surface area contributed by atoms with Gasteiger partial charge in [-0.05, 0) is 30.3 Å². The van der Waals surface area contributed by atoms with Crippen molar-refractivity contribution in [3.05, 3.63) is 59.1 Å². The number of rotatable bonds is 6. The maximum absolute atomic E-state index is 12.2. The van der Waals surface area contributed by atoms with Gasteiger partial charge in [-0.1, -0.05) is 41.6 Å². The molecule has 0 aliphatic carbocycles. The molecule has 1 aromatic heterocycles. The molecular formula is C18H16ClN5O3S. The van der Waals surface area contributed by atoms with Gasteiger partial charge in [0.1, 0.15) is 0 Å². The van der Waals surface area contributed by atoms with Crippen molar-refractivity contribution in [3.8, 4) is 11.4 Å². The highest BCUT2D eigenvalue weighted by Crippen LogP contribution is 2.27. The number of amides is 1. The second-order valence-electron chi connectivity index (χ2n) is 5.57. The van der Waals surface area contributed by atoms with E-state index in [-0.39, 0.29) is 11.7 Å². The molecular weight excluding hydrogens is 402 g/mol. The summed E-state index contributed by atoms with van der Waals surface area (Å²) in [7, 11) is 1.30. The van der Waals surface area contributed by atoms with Gasteiger partial charge >= 0.3 is 5.97 Å². The van der Waals surface area contributed by atoms with Crippen molar-refractivity contribution in [2.75, 3.05) is 24.0 Å². The Morgan fingerprint density at radius 2 is 2.00 bits per heavy atom. The lowest BCUT2D eigenvalue weighted by molar-refractivity contribution is -0.113.